The molecule has 6 nitrogen and oxygen atoms in total. The minimum atomic E-state index is -0.0170. The Kier molecular flexibility index (Phi) is 22.8. The van der Waals surface area contributed by atoms with Gasteiger partial charge in [-0.15, -0.1) is 0 Å². The van der Waals surface area contributed by atoms with Gasteiger partial charge in [0.15, 0.2) is 0 Å². The molecule has 26 rings (SSSR count). The van der Waals surface area contributed by atoms with Crippen molar-refractivity contribution in [3.63, 3.8) is 0 Å². The number of furan rings is 6. The largest absolute Gasteiger partial charge is 0.456 e. The minimum Gasteiger partial charge on any atom is -0.456 e. The zero-order valence-electron chi connectivity index (χ0n) is 69.5. The Morgan fingerprint density at radius 3 is 0.837 bits per heavy atom. The third-order valence-corrected chi connectivity index (χ3v) is 27.2. The average molecular weight is 2060 g/mol. The molecule has 0 amide bonds. The van der Waals surface area contributed by atoms with Crippen molar-refractivity contribution in [2.45, 2.75) is 19.3 Å². The van der Waals surface area contributed by atoms with E-state index in [1.165, 1.54) is 121 Å². The van der Waals surface area contributed by atoms with Crippen LogP contribution < -0.4 is 0 Å². The minimum absolute atomic E-state index is 0.0170. The van der Waals surface area contributed by atoms with Gasteiger partial charge < -0.3 is 26.5 Å². The molecule has 0 N–H and O–H groups in total. The molecule has 0 atom stereocenters. The summed E-state index contributed by atoms with van der Waals surface area (Å²) in [5, 5.41) is 14.0. The Morgan fingerprint density at radius 1 is 0.155 bits per heavy atom. The monoisotopic (exact) mass is 2050 g/mol. The standard InChI is InChI=1S/C27H19BrO.C24H15BrO.3C18H11BrO.C12H7BrO/c1-27(2)23-14-17(7-10-19(23)20-11-9-18(28)15-24(20)27)16-8-12-26-22(13-16)21-5-3-4-6-25(21)29-26;25-20-11-8-16(9-12-20)17-4-3-5-18(14-17)19-10-13-24-22(15-19)21-6-1-2-7-23(21)26-24;19-14-5-3-4-12(10-14)13-8-9-18-16(11-13)15-6-1-2-7-17(15)20-18;19-13-10-8-12(9-11-13)14-5-3-6-16-15-4-1-2-7-17(15)20-18(14)16;19-14-8-5-12(6-9-14)13-7-10-18-16(11-13)15-3-1-2-4-17(15)20-18;13-8-5-6-12-10(7-8)9-3-1-2-4-11(9)14-12/h3-15H,1-2H3;1-15H;3*1-11H;1-7H. The van der Waals surface area contributed by atoms with Gasteiger partial charge >= 0.3 is 0 Å². The van der Waals surface area contributed by atoms with Crippen LogP contribution in [0.1, 0.15) is 25.0 Å². The number of halogens is 6. The van der Waals surface area contributed by atoms with Gasteiger partial charge in [-0.05, 0) is 259 Å². The van der Waals surface area contributed by atoms with E-state index in [0.29, 0.717) is 0 Å². The molecule has 0 spiro atoms. The normalized spacial score (nSPS) is 11.9. The lowest BCUT2D eigenvalue weighted by Crippen LogP contribution is -2.15. The third kappa shape index (κ3) is 16.7. The molecule has 0 aliphatic heterocycles. The fraction of sp³-hybridized carbons (Fsp3) is 0.0256. The highest BCUT2D eigenvalue weighted by atomic mass is 79.9. The smallest absolute Gasteiger partial charge is 0.143 e. The van der Waals surface area contributed by atoms with Gasteiger partial charge in [0.25, 0.3) is 0 Å². The Morgan fingerprint density at radius 2 is 0.411 bits per heavy atom. The number of fused-ring (bicyclic) bond motifs is 21. The van der Waals surface area contributed by atoms with E-state index in [0.717, 1.165) is 127 Å². The molecule has 0 bridgehead atoms. The maximum Gasteiger partial charge on any atom is 0.143 e. The molecule has 25 aromatic rings. The second-order valence-electron chi connectivity index (χ2n) is 32.4. The van der Waals surface area contributed by atoms with Gasteiger partial charge in [-0.2, -0.15) is 0 Å². The molecule has 620 valence electrons. The van der Waals surface area contributed by atoms with Crippen molar-refractivity contribution < 1.29 is 26.5 Å². The van der Waals surface area contributed by atoms with E-state index in [4.69, 9.17) is 26.5 Å². The van der Waals surface area contributed by atoms with Gasteiger partial charge in [-0.3, -0.25) is 0 Å². The highest BCUT2D eigenvalue weighted by Crippen LogP contribution is 2.51. The Balaban J connectivity index is 0.0000000950. The summed E-state index contributed by atoms with van der Waals surface area (Å²) in [4.78, 5) is 0. The molecule has 0 saturated heterocycles. The van der Waals surface area contributed by atoms with Crippen LogP contribution in [0, 0.1) is 0 Å². The third-order valence-electron chi connectivity index (χ3n) is 24.1. The molecular weight excluding hydrogens is 1980 g/mol. The fourth-order valence-electron chi connectivity index (χ4n) is 17.6. The van der Waals surface area contributed by atoms with E-state index in [1.807, 2.05) is 127 Å². The van der Waals surface area contributed by atoms with Crippen molar-refractivity contribution in [1.82, 2.24) is 0 Å². The van der Waals surface area contributed by atoms with E-state index in [9.17, 15) is 0 Å². The second-order valence-corrected chi connectivity index (χ2v) is 37.9. The summed E-state index contributed by atoms with van der Waals surface area (Å²) in [6, 6.07) is 143. The first kappa shape index (κ1) is 82.8. The summed E-state index contributed by atoms with van der Waals surface area (Å²) >= 11 is 21.1. The second kappa shape index (κ2) is 35.5. The quantitative estimate of drug-likeness (QED) is 0.165. The van der Waals surface area contributed by atoms with Crippen molar-refractivity contribution >= 4 is 227 Å². The van der Waals surface area contributed by atoms with Gasteiger partial charge in [-0.25, -0.2) is 0 Å². The maximum atomic E-state index is 6.06. The first-order valence-electron chi connectivity index (χ1n) is 42.3. The number of para-hydroxylation sites is 7. The number of benzene rings is 19. The van der Waals surface area contributed by atoms with Crippen molar-refractivity contribution in [2.24, 2.45) is 0 Å². The van der Waals surface area contributed by atoms with Crippen LogP contribution in [0.2, 0.25) is 0 Å². The van der Waals surface area contributed by atoms with Crippen molar-refractivity contribution in [1.29, 1.82) is 0 Å². The molecule has 0 saturated carbocycles. The summed E-state index contributed by atoms with van der Waals surface area (Å²) in [5.41, 5.74) is 31.1. The van der Waals surface area contributed by atoms with Crippen molar-refractivity contribution in [3.05, 3.63) is 450 Å². The molecule has 0 unspecified atom stereocenters. The van der Waals surface area contributed by atoms with Crippen LogP contribution >= 0.6 is 95.6 Å². The van der Waals surface area contributed by atoms with Crippen LogP contribution in [0.5, 0.6) is 0 Å². The predicted octanol–water partition coefficient (Wildman–Crippen LogP) is 38.4. The predicted molar refractivity (Wildman–Crippen MR) is 559 cm³/mol. The molecule has 0 fully saturated rings. The topological polar surface area (TPSA) is 78.8 Å². The van der Waals surface area contributed by atoms with E-state index < -0.39 is 0 Å². The fourth-order valence-corrected chi connectivity index (χ4v) is 19.6. The molecule has 6 aromatic heterocycles. The molecule has 12 heteroatoms. The molecule has 1 aliphatic rings. The van der Waals surface area contributed by atoms with E-state index in [2.05, 4.69) is 395 Å². The lowest BCUT2D eigenvalue weighted by Gasteiger charge is -2.22. The number of hydrogen-bond donors (Lipinski definition) is 0. The SMILES string of the molecule is Brc1ccc(-c2ccc3oc4ccccc4c3c2)cc1.Brc1ccc(-c2cccc(-c3ccc4oc5ccccc5c4c3)c2)cc1.Brc1ccc(-c2cccc3c2oc2ccccc23)cc1.Brc1ccc2oc3ccccc3c2c1.Brc1cccc(-c2ccc3oc4ccccc4c3c2)c1.CC1(C)c2cc(Br)ccc2-c2ccc(-c3ccc4oc5ccccc5c4c3)cc21. The maximum absolute atomic E-state index is 6.06. The molecule has 6 heterocycles. The molecule has 0 radical (unpaired) electrons. The van der Waals surface area contributed by atoms with Crippen LogP contribution in [-0.2, 0) is 5.41 Å². The van der Waals surface area contributed by atoms with Gasteiger partial charge in [0.1, 0.15) is 67.0 Å². The lowest BCUT2D eigenvalue weighted by atomic mass is 9.81. The van der Waals surface area contributed by atoms with Crippen LogP contribution in [0.3, 0.4) is 0 Å². The van der Waals surface area contributed by atoms with Gasteiger partial charge in [0.05, 0.1) is 0 Å². The van der Waals surface area contributed by atoms with Gasteiger partial charge in [-0.1, -0.05) is 346 Å². The van der Waals surface area contributed by atoms with E-state index >= 15 is 0 Å². The van der Waals surface area contributed by atoms with Crippen molar-refractivity contribution in [3.8, 4) is 77.9 Å². The summed E-state index contributed by atoms with van der Waals surface area (Å²) in [6.45, 7) is 4.64. The van der Waals surface area contributed by atoms with E-state index in [-0.39, 0.29) is 5.41 Å². The highest BCUT2D eigenvalue weighted by Gasteiger charge is 2.36. The number of rotatable bonds is 6. The molecular formula is C117H74Br6O6. The van der Waals surface area contributed by atoms with Crippen LogP contribution in [0.15, 0.2) is 466 Å². The zero-order chi connectivity index (χ0) is 87.4. The zero-order valence-corrected chi connectivity index (χ0v) is 79.0. The highest BCUT2D eigenvalue weighted by molar-refractivity contribution is 9.11. The number of hydrogen-bond acceptors (Lipinski definition) is 6. The van der Waals surface area contributed by atoms with Crippen LogP contribution in [0.4, 0.5) is 0 Å². The summed E-state index contributed by atoms with van der Waals surface area (Å²) in [5.74, 6) is 0. The average Bonchev–Trinajstić information content (AvgIpc) is 1.57. The Bertz CT molecular complexity index is 8550. The van der Waals surface area contributed by atoms with Gasteiger partial charge in [0.2, 0.25) is 0 Å². The van der Waals surface area contributed by atoms with Crippen molar-refractivity contribution in [2.75, 3.05) is 0 Å². The Hall–Kier alpha value is -13.1. The summed E-state index contributed by atoms with van der Waals surface area (Å²) in [7, 11) is 0. The lowest BCUT2D eigenvalue weighted by molar-refractivity contribution is 0.660. The first-order chi connectivity index (χ1) is 63.1. The summed E-state index contributed by atoms with van der Waals surface area (Å²) in [6.07, 6.45) is 0. The van der Waals surface area contributed by atoms with Crippen LogP contribution in [0.25, 0.3) is 210 Å². The molecule has 129 heavy (non-hydrogen) atoms. The summed E-state index contributed by atoms with van der Waals surface area (Å²) < 4.78 is 42.0. The van der Waals surface area contributed by atoms with Gasteiger partial charge in [0, 0.05) is 102 Å². The first-order valence-corrected chi connectivity index (χ1v) is 47.1. The van der Waals surface area contributed by atoms with E-state index in [1.54, 1.807) is 0 Å². The Labute approximate surface area is 793 Å². The molecule has 19 aromatic carbocycles. The molecule has 1 aliphatic carbocycles. The van der Waals surface area contributed by atoms with Crippen LogP contribution in [-0.4, -0.2) is 0 Å².